The Labute approximate surface area is 123 Å². The maximum Gasteiger partial charge on any atom is 0.243 e. The van der Waals surface area contributed by atoms with E-state index in [0.717, 1.165) is 37.8 Å². The third-order valence-corrected chi connectivity index (χ3v) is 6.36. The highest BCUT2D eigenvalue weighted by Crippen LogP contribution is 2.31. The normalized spacial score (nSPS) is 29.0. The first-order chi connectivity index (χ1) is 9.86. The maximum atomic E-state index is 13.3. The molecule has 116 valence electrons. The van der Waals surface area contributed by atoms with Crippen LogP contribution in [0.2, 0.25) is 0 Å². The van der Waals surface area contributed by atoms with Crippen molar-refractivity contribution < 1.29 is 17.2 Å². The van der Waals surface area contributed by atoms with Crippen LogP contribution in [0.25, 0.3) is 0 Å². The zero-order valence-corrected chi connectivity index (χ0v) is 12.5. The molecule has 1 aromatic rings. The van der Waals surface area contributed by atoms with E-state index in [1.807, 2.05) is 0 Å². The van der Waals surface area contributed by atoms with Crippen molar-refractivity contribution in [1.82, 2.24) is 9.62 Å². The number of piperidine rings is 1. The first kappa shape index (κ1) is 14.9. The van der Waals surface area contributed by atoms with E-state index >= 15 is 0 Å². The lowest BCUT2D eigenvalue weighted by atomic mass is 10.0. The molecular weight excluding hydrogens is 298 g/mol. The number of rotatable bonds is 3. The molecule has 2 aliphatic rings. The van der Waals surface area contributed by atoms with Crippen LogP contribution in [0, 0.1) is 11.6 Å². The second-order valence-corrected chi connectivity index (χ2v) is 7.89. The third kappa shape index (κ3) is 2.82. The quantitative estimate of drug-likeness (QED) is 0.926. The van der Waals surface area contributed by atoms with E-state index in [-0.39, 0.29) is 10.9 Å². The largest absolute Gasteiger partial charge is 0.311 e. The minimum absolute atomic E-state index is 0.125. The van der Waals surface area contributed by atoms with Crippen molar-refractivity contribution in [3.05, 3.63) is 29.8 Å². The van der Waals surface area contributed by atoms with Crippen LogP contribution < -0.4 is 5.32 Å². The van der Waals surface area contributed by atoms with Gasteiger partial charge in [-0.15, -0.1) is 0 Å². The lowest BCUT2D eigenvalue weighted by Crippen LogP contribution is -2.48. The van der Waals surface area contributed by atoms with E-state index in [0.29, 0.717) is 18.2 Å². The van der Waals surface area contributed by atoms with Crippen LogP contribution in [-0.2, 0) is 10.0 Å². The fraction of sp³-hybridized carbons (Fsp3) is 0.571. The van der Waals surface area contributed by atoms with Gasteiger partial charge < -0.3 is 5.32 Å². The fourth-order valence-corrected chi connectivity index (χ4v) is 4.78. The Morgan fingerprint density at radius 2 is 1.62 bits per heavy atom. The summed E-state index contributed by atoms with van der Waals surface area (Å²) in [4.78, 5) is -0.326. The molecule has 0 aromatic heterocycles. The molecule has 1 aromatic carbocycles. The van der Waals surface area contributed by atoms with Crippen molar-refractivity contribution in [3.63, 3.8) is 0 Å². The summed E-state index contributed by atoms with van der Waals surface area (Å²) < 4.78 is 52.9. The molecule has 21 heavy (non-hydrogen) atoms. The summed E-state index contributed by atoms with van der Waals surface area (Å²) in [5.74, 6) is -1.76. The van der Waals surface area contributed by atoms with Gasteiger partial charge in [-0.25, -0.2) is 17.2 Å². The summed E-state index contributed by atoms with van der Waals surface area (Å²) >= 11 is 0. The monoisotopic (exact) mass is 316 g/mol. The van der Waals surface area contributed by atoms with Crippen molar-refractivity contribution in [2.45, 2.75) is 48.7 Å². The van der Waals surface area contributed by atoms with Gasteiger partial charge in [0.15, 0.2) is 0 Å². The third-order valence-electron chi connectivity index (χ3n) is 4.48. The lowest BCUT2D eigenvalue weighted by molar-refractivity contribution is 0.251. The molecule has 2 heterocycles. The number of nitrogens with zero attached hydrogens (tertiary/aromatic N) is 1. The molecule has 2 aliphatic heterocycles. The smallest absolute Gasteiger partial charge is 0.243 e. The van der Waals surface area contributed by atoms with Crippen molar-refractivity contribution in [3.8, 4) is 0 Å². The zero-order chi connectivity index (χ0) is 15.2. The fourth-order valence-electron chi connectivity index (χ4n) is 3.36. The molecule has 0 aliphatic carbocycles. The molecule has 3 rings (SSSR count). The molecule has 2 unspecified atom stereocenters. The number of nitrogens with one attached hydrogen (secondary N) is 1. The maximum absolute atomic E-state index is 13.3. The van der Waals surface area contributed by atoms with Crippen LogP contribution in [0.1, 0.15) is 25.7 Å². The SMILES string of the molecule is CN(C1CC2CCC(C1)N2)S(=O)(=O)c1cc(F)cc(F)c1. The number of hydrogen-bond donors (Lipinski definition) is 1. The number of halogens is 2. The van der Waals surface area contributed by atoms with Crippen LogP contribution in [0.4, 0.5) is 8.78 Å². The van der Waals surface area contributed by atoms with E-state index in [1.165, 1.54) is 11.4 Å². The number of benzene rings is 1. The molecule has 2 bridgehead atoms. The van der Waals surface area contributed by atoms with E-state index < -0.39 is 21.7 Å². The zero-order valence-electron chi connectivity index (χ0n) is 11.7. The second kappa shape index (κ2) is 5.30. The summed E-state index contributed by atoms with van der Waals surface area (Å²) in [7, 11) is -2.38. The van der Waals surface area contributed by atoms with E-state index in [1.54, 1.807) is 0 Å². The average molecular weight is 316 g/mol. The molecule has 0 radical (unpaired) electrons. The minimum atomic E-state index is -3.88. The predicted molar refractivity (Wildman–Crippen MR) is 74.3 cm³/mol. The number of fused-ring (bicyclic) bond motifs is 2. The lowest BCUT2D eigenvalue weighted by Gasteiger charge is -2.34. The molecule has 4 nitrogen and oxygen atoms in total. The molecular formula is C14H18F2N2O2S. The van der Waals surface area contributed by atoms with Gasteiger partial charge >= 0.3 is 0 Å². The summed E-state index contributed by atoms with van der Waals surface area (Å²) in [6.45, 7) is 0. The first-order valence-electron chi connectivity index (χ1n) is 7.06. The van der Waals surface area contributed by atoms with Gasteiger partial charge in [-0.05, 0) is 37.8 Å². The van der Waals surface area contributed by atoms with Gasteiger partial charge in [-0.1, -0.05) is 0 Å². The average Bonchev–Trinajstić information content (AvgIpc) is 2.75. The van der Waals surface area contributed by atoms with Gasteiger partial charge in [0.1, 0.15) is 11.6 Å². The Morgan fingerprint density at radius 3 is 2.14 bits per heavy atom. The van der Waals surface area contributed by atoms with Crippen LogP contribution >= 0.6 is 0 Å². The van der Waals surface area contributed by atoms with Crippen LogP contribution in [0.15, 0.2) is 23.1 Å². The van der Waals surface area contributed by atoms with Gasteiger partial charge in [0, 0.05) is 31.2 Å². The van der Waals surface area contributed by atoms with Crippen molar-refractivity contribution in [2.24, 2.45) is 0 Å². The van der Waals surface area contributed by atoms with Crippen LogP contribution in [0.3, 0.4) is 0 Å². The second-order valence-electron chi connectivity index (χ2n) is 5.89. The van der Waals surface area contributed by atoms with Gasteiger partial charge in [-0.3, -0.25) is 0 Å². The van der Waals surface area contributed by atoms with Crippen LogP contribution in [-0.4, -0.2) is 37.9 Å². The van der Waals surface area contributed by atoms with Crippen molar-refractivity contribution >= 4 is 10.0 Å². The van der Waals surface area contributed by atoms with Gasteiger partial charge in [0.2, 0.25) is 10.0 Å². The van der Waals surface area contributed by atoms with Gasteiger partial charge in [0.25, 0.3) is 0 Å². The molecule has 2 fully saturated rings. The Bertz CT molecular complexity index is 618. The minimum Gasteiger partial charge on any atom is -0.311 e. The topological polar surface area (TPSA) is 49.4 Å². The summed E-state index contributed by atoms with van der Waals surface area (Å²) in [5.41, 5.74) is 0. The molecule has 2 saturated heterocycles. The van der Waals surface area contributed by atoms with Gasteiger partial charge in [-0.2, -0.15) is 4.31 Å². The highest BCUT2D eigenvalue weighted by atomic mass is 32.2. The van der Waals surface area contributed by atoms with E-state index in [4.69, 9.17) is 0 Å². The molecule has 0 saturated carbocycles. The van der Waals surface area contributed by atoms with Gasteiger partial charge in [0.05, 0.1) is 4.90 Å². The number of hydrogen-bond acceptors (Lipinski definition) is 3. The summed E-state index contributed by atoms with van der Waals surface area (Å²) in [6, 6.07) is 2.96. The van der Waals surface area contributed by atoms with Crippen LogP contribution in [0.5, 0.6) is 0 Å². The van der Waals surface area contributed by atoms with Crippen molar-refractivity contribution in [1.29, 1.82) is 0 Å². The predicted octanol–water partition coefficient (Wildman–Crippen LogP) is 1.87. The summed E-state index contributed by atoms with van der Waals surface area (Å²) in [6.07, 6.45) is 3.60. The Morgan fingerprint density at radius 1 is 1.10 bits per heavy atom. The molecule has 2 atom stereocenters. The Balaban J connectivity index is 1.87. The van der Waals surface area contributed by atoms with E-state index in [2.05, 4.69) is 5.32 Å². The first-order valence-corrected chi connectivity index (χ1v) is 8.50. The Hall–Kier alpha value is -1.05. The number of sulfonamides is 1. The highest BCUT2D eigenvalue weighted by molar-refractivity contribution is 7.89. The van der Waals surface area contributed by atoms with Crippen molar-refractivity contribution in [2.75, 3.05) is 7.05 Å². The summed E-state index contributed by atoms with van der Waals surface area (Å²) in [5, 5.41) is 3.44. The Kier molecular flexibility index (Phi) is 3.75. The molecule has 0 amide bonds. The molecule has 0 spiro atoms. The molecule has 1 N–H and O–H groups in total. The van der Waals surface area contributed by atoms with E-state index in [9.17, 15) is 17.2 Å². The standard InChI is InChI=1S/C14H18F2N2O2S/c1-18(13-7-11-2-3-12(8-13)17-11)21(19,20)14-5-9(15)4-10(16)6-14/h4-6,11-13,17H,2-3,7-8H2,1H3. The highest BCUT2D eigenvalue weighted by Gasteiger charge is 2.38. The molecule has 7 heteroatoms.